The van der Waals surface area contributed by atoms with Crippen LogP contribution in [-0.2, 0) is 14.4 Å². The molecule has 1 aliphatic carbocycles. The third-order valence-electron chi connectivity index (χ3n) is 3.85. The van der Waals surface area contributed by atoms with Crippen molar-refractivity contribution in [3.8, 4) is 0 Å². The van der Waals surface area contributed by atoms with E-state index in [1.54, 1.807) is 23.8 Å². The number of carboxylic acid groups (broad SMARTS) is 1. The fourth-order valence-electron chi connectivity index (χ4n) is 2.44. The molecule has 1 heterocycles. The van der Waals surface area contributed by atoms with Gasteiger partial charge < -0.3 is 14.9 Å². The Morgan fingerprint density at radius 1 is 1.47 bits per heavy atom. The SMILES string of the molecule is C[C@H](CN(C(=O)[C@H]1CC(=O)N(C)C1)C1CC1)C(=O)O. The minimum atomic E-state index is -0.891. The topological polar surface area (TPSA) is 77.9 Å². The summed E-state index contributed by atoms with van der Waals surface area (Å²) in [5.41, 5.74) is 0. The van der Waals surface area contributed by atoms with Gasteiger partial charge in [0.1, 0.15) is 0 Å². The number of carbonyl (C=O) groups is 3. The van der Waals surface area contributed by atoms with Crippen LogP contribution < -0.4 is 0 Å². The molecule has 6 nitrogen and oxygen atoms in total. The molecular formula is C13H20N2O4. The van der Waals surface area contributed by atoms with E-state index in [-0.39, 0.29) is 36.7 Å². The first kappa shape index (κ1) is 13.8. The van der Waals surface area contributed by atoms with Gasteiger partial charge in [-0.3, -0.25) is 14.4 Å². The van der Waals surface area contributed by atoms with Crippen LogP contribution in [0.2, 0.25) is 0 Å². The predicted octanol–water partition coefficient (Wildman–Crippen LogP) is 0.176. The van der Waals surface area contributed by atoms with Gasteiger partial charge in [-0.2, -0.15) is 0 Å². The second-order valence-corrected chi connectivity index (χ2v) is 5.64. The number of carboxylic acids is 1. The Morgan fingerprint density at radius 3 is 2.53 bits per heavy atom. The lowest BCUT2D eigenvalue weighted by Gasteiger charge is -2.26. The Hall–Kier alpha value is -1.59. The van der Waals surface area contributed by atoms with Crippen molar-refractivity contribution in [3.63, 3.8) is 0 Å². The van der Waals surface area contributed by atoms with Gasteiger partial charge in [0, 0.05) is 32.6 Å². The van der Waals surface area contributed by atoms with Crippen molar-refractivity contribution >= 4 is 17.8 Å². The van der Waals surface area contributed by atoms with Gasteiger partial charge >= 0.3 is 5.97 Å². The maximum atomic E-state index is 12.4. The summed E-state index contributed by atoms with van der Waals surface area (Å²) >= 11 is 0. The molecule has 0 radical (unpaired) electrons. The van der Waals surface area contributed by atoms with Crippen molar-refractivity contribution in [2.75, 3.05) is 20.1 Å². The average Bonchev–Trinajstić information content (AvgIpc) is 3.12. The third kappa shape index (κ3) is 3.05. The van der Waals surface area contributed by atoms with Crippen molar-refractivity contribution in [3.05, 3.63) is 0 Å². The maximum Gasteiger partial charge on any atom is 0.308 e. The van der Waals surface area contributed by atoms with Gasteiger partial charge in [-0.05, 0) is 12.8 Å². The lowest BCUT2D eigenvalue weighted by Crippen LogP contribution is -2.42. The number of hydrogen-bond donors (Lipinski definition) is 1. The van der Waals surface area contributed by atoms with Crippen LogP contribution in [0.3, 0.4) is 0 Å². The van der Waals surface area contributed by atoms with Gasteiger partial charge in [0.05, 0.1) is 11.8 Å². The first-order valence-corrected chi connectivity index (χ1v) is 6.67. The molecule has 0 aromatic heterocycles. The minimum Gasteiger partial charge on any atom is -0.481 e. The van der Waals surface area contributed by atoms with E-state index in [1.165, 1.54) is 0 Å². The molecule has 2 atom stereocenters. The highest BCUT2D eigenvalue weighted by molar-refractivity contribution is 5.89. The summed E-state index contributed by atoms with van der Waals surface area (Å²) in [7, 11) is 1.69. The number of carbonyl (C=O) groups excluding carboxylic acids is 2. The Labute approximate surface area is 112 Å². The molecule has 1 aliphatic heterocycles. The van der Waals surface area contributed by atoms with E-state index in [1.807, 2.05) is 0 Å². The van der Waals surface area contributed by atoms with Crippen molar-refractivity contribution in [2.45, 2.75) is 32.2 Å². The second-order valence-electron chi connectivity index (χ2n) is 5.64. The van der Waals surface area contributed by atoms with Gasteiger partial charge in [0.25, 0.3) is 0 Å². The van der Waals surface area contributed by atoms with Crippen LogP contribution >= 0.6 is 0 Å². The van der Waals surface area contributed by atoms with Crippen LogP contribution in [0.25, 0.3) is 0 Å². The minimum absolute atomic E-state index is 0.0135. The van der Waals surface area contributed by atoms with Gasteiger partial charge in [-0.1, -0.05) is 6.92 Å². The van der Waals surface area contributed by atoms with E-state index < -0.39 is 11.9 Å². The normalized spacial score (nSPS) is 24.4. The molecule has 2 amide bonds. The van der Waals surface area contributed by atoms with Crippen LogP contribution in [0.5, 0.6) is 0 Å². The Balaban J connectivity index is 2.01. The molecule has 2 aliphatic rings. The molecule has 0 aromatic carbocycles. The molecule has 2 rings (SSSR count). The molecule has 0 spiro atoms. The summed E-state index contributed by atoms with van der Waals surface area (Å²) in [4.78, 5) is 38.1. The molecule has 1 saturated carbocycles. The first-order valence-electron chi connectivity index (χ1n) is 6.67. The zero-order chi connectivity index (χ0) is 14.2. The monoisotopic (exact) mass is 268 g/mol. The number of hydrogen-bond acceptors (Lipinski definition) is 3. The standard InChI is InChI=1S/C13H20N2O4/c1-8(13(18)19)6-15(10-3-4-10)12(17)9-5-11(16)14(2)7-9/h8-10H,3-7H2,1-2H3,(H,18,19)/t8-,9+/m1/s1. The van der Waals surface area contributed by atoms with Crippen molar-refractivity contribution < 1.29 is 19.5 Å². The van der Waals surface area contributed by atoms with Gasteiger partial charge in [-0.25, -0.2) is 0 Å². The third-order valence-corrected chi connectivity index (χ3v) is 3.85. The van der Waals surface area contributed by atoms with E-state index in [0.717, 1.165) is 12.8 Å². The number of likely N-dealkylation sites (tertiary alicyclic amines) is 1. The fourth-order valence-corrected chi connectivity index (χ4v) is 2.44. The summed E-state index contributed by atoms with van der Waals surface area (Å²) in [6.07, 6.45) is 2.13. The van der Waals surface area contributed by atoms with Crippen molar-refractivity contribution in [1.29, 1.82) is 0 Å². The van der Waals surface area contributed by atoms with Crippen LogP contribution in [0.4, 0.5) is 0 Å². The van der Waals surface area contributed by atoms with Gasteiger partial charge in [-0.15, -0.1) is 0 Å². The molecule has 0 aromatic rings. The van der Waals surface area contributed by atoms with E-state index in [9.17, 15) is 14.4 Å². The largest absolute Gasteiger partial charge is 0.481 e. The highest BCUT2D eigenvalue weighted by Gasteiger charge is 2.40. The molecule has 106 valence electrons. The molecule has 1 saturated heterocycles. The number of nitrogens with zero attached hydrogens (tertiary/aromatic N) is 2. The highest BCUT2D eigenvalue weighted by Crippen LogP contribution is 2.30. The quantitative estimate of drug-likeness (QED) is 0.771. The molecule has 19 heavy (non-hydrogen) atoms. The van der Waals surface area contributed by atoms with E-state index in [0.29, 0.717) is 6.54 Å². The van der Waals surface area contributed by atoms with Gasteiger partial charge in [0.15, 0.2) is 0 Å². The molecule has 2 fully saturated rings. The Kier molecular flexibility index (Phi) is 3.78. The Morgan fingerprint density at radius 2 is 2.11 bits per heavy atom. The van der Waals surface area contributed by atoms with E-state index >= 15 is 0 Å². The molecule has 1 N–H and O–H groups in total. The zero-order valence-electron chi connectivity index (χ0n) is 11.3. The van der Waals surface area contributed by atoms with Crippen LogP contribution in [0.15, 0.2) is 0 Å². The van der Waals surface area contributed by atoms with E-state index in [4.69, 9.17) is 5.11 Å². The summed E-state index contributed by atoms with van der Waals surface area (Å²) in [6, 6.07) is 0.176. The summed E-state index contributed by atoms with van der Waals surface area (Å²) in [5.74, 6) is -1.84. The fraction of sp³-hybridized carbons (Fsp3) is 0.769. The summed E-state index contributed by atoms with van der Waals surface area (Å²) < 4.78 is 0. The molecule has 6 heteroatoms. The van der Waals surface area contributed by atoms with Crippen LogP contribution in [0.1, 0.15) is 26.2 Å². The summed E-state index contributed by atoms with van der Waals surface area (Å²) in [6.45, 7) is 2.30. The average molecular weight is 268 g/mol. The van der Waals surface area contributed by atoms with Gasteiger partial charge in [0.2, 0.25) is 11.8 Å². The van der Waals surface area contributed by atoms with Crippen LogP contribution in [-0.4, -0.2) is 58.9 Å². The lowest BCUT2D eigenvalue weighted by atomic mass is 10.1. The molecule has 0 bridgehead atoms. The number of amides is 2. The zero-order valence-corrected chi connectivity index (χ0v) is 11.3. The summed E-state index contributed by atoms with van der Waals surface area (Å²) in [5, 5.41) is 8.96. The maximum absolute atomic E-state index is 12.4. The van der Waals surface area contributed by atoms with Crippen molar-refractivity contribution in [1.82, 2.24) is 9.80 Å². The first-order chi connectivity index (χ1) is 8.90. The Bertz CT molecular complexity index is 405. The lowest BCUT2D eigenvalue weighted by molar-refractivity contribution is -0.144. The van der Waals surface area contributed by atoms with Crippen molar-refractivity contribution in [2.24, 2.45) is 11.8 Å². The van der Waals surface area contributed by atoms with E-state index in [2.05, 4.69) is 0 Å². The number of rotatable bonds is 5. The molecule has 0 unspecified atom stereocenters. The second kappa shape index (κ2) is 5.19. The molecular weight excluding hydrogens is 248 g/mol. The number of aliphatic carboxylic acids is 1. The highest BCUT2D eigenvalue weighted by atomic mass is 16.4. The predicted molar refractivity (Wildman–Crippen MR) is 67.3 cm³/mol. The van der Waals surface area contributed by atoms with Crippen LogP contribution in [0, 0.1) is 11.8 Å². The smallest absolute Gasteiger partial charge is 0.308 e.